The summed E-state index contributed by atoms with van der Waals surface area (Å²) in [5, 5.41) is 11.7. The summed E-state index contributed by atoms with van der Waals surface area (Å²) >= 11 is 0. The molecule has 1 aromatic rings. The van der Waals surface area contributed by atoms with E-state index in [0.717, 1.165) is 25.3 Å². The van der Waals surface area contributed by atoms with Crippen LogP contribution >= 0.6 is 0 Å². The topological polar surface area (TPSA) is 58.6 Å². The van der Waals surface area contributed by atoms with Crippen molar-refractivity contribution in [1.82, 2.24) is 5.32 Å². The van der Waals surface area contributed by atoms with Crippen molar-refractivity contribution in [2.75, 3.05) is 19.7 Å². The average molecular weight is 321 g/mol. The van der Waals surface area contributed by atoms with Crippen molar-refractivity contribution in [3.63, 3.8) is 0 Å². The van der Waals surface area contributed by atoms with Gasteiger partial charge in [-0.05, 0) is 49.4 Å². The third-order valence-electron chi connectivity index (χ3n) is 3.88. The van der Waals surface area contributed by atoms with Crippen LogP contribution in [0.5, 0.6) is 5.75 Å². The van der Waals surface area contributed by atoms with Crippen LogP contribution in [-0.4, -0.2) is 30.8 Å². The molecule has 4 heteroatoms. The molecule has 0 fully saturated rings. The maximum absolute atomic E-state index is 10.4. The molecule has 0 aliphatic heterocycles. The van der Waals surface area contributed by atoms with Crippen LogP contribution in [0.25, 0.3) is 0 Å². The Bertz CT molecular complexity index is 442. The van der Waals surface area contributed by atoms with E-state index >= 15 is 0 Å². The van der Waals surface area contributed by atoms with Gasteiger partial charge >= 0.3 is 5.97 Å². The van der Waals surface area contributed by atoms with E-state index in [9.17, 15) is 4.79 Å². The summed E-state index contributed by atoms with van der Waals surface area (Å²) < 4.78 is 5.97. The lowest BCUT2D eigenvalue weighted by atomic mass is 9.99. The van der Waals surface area contributed by atoms with E-state index in [0.29, 0.717) is 12.5 Å². The summed E-state index contributed by atoms with van der Waals surface area (Å²) in [6.45, 7) is 6.54. The highest BCUT2D eigenvalue weighted by molar-refractivity contribution is 5.66. The van der Waals surface area contributed by atoms with Crippen LogP contribution in [-0.2, 0) is 11.2 Å². The normalized spacial score (nSPS) is 10.9. The van der Waals surface area contributed by atoms with Crippen molar-refractivity contribution in [2.24, 2.45) is 5.92 Å². The molecule has 0 atom stereocenters. The molecule has 2 N–H and O–H groups in total. The van der Waals surface area contributed by atoms with Crippen molar-refractivity contribution in [1.29, 1.82) is 0 Å². The van der Waals surface area contributed by atoms with E-state index in [1.807, 2.05) is 12.1 Å². The monoisotopic (exact) mass is 321 g/mol. The van der Waals surface area contributed by atoms with Gasteiger partial charge in [0, 0.05) is 6.54 Å². The molecule has 0 saturated heterocycles. The fourth-order valence-electron chi connectivity index (χ4n) is 2.69. The predicted octanol–water partition coefficient (Wildman–Crippen LogP) is 3.89. The first kappa shape index (κ1) is 19.5. The summed E-state index contributed by atoms with van der Waals surface area (Å²) in [6, 6.07) is 8.21. The Labute approximate surface area is 140 Å². The van der Waals surface area contributed by atoms with E-state index in [1.54, 1.807) is 0 Å². The number of rotatable bonds is 13. The Balaban J connectivity index is 2.35. The molecule has 1 rings (SSSR count). The number of benzene rings is 1. The Morgan fingerprint density at radius 3 is 2.61 bits per heavy atom. The number of ether oxygens (including phenoxy) is 1. The number of aliphatic carboxylic acids is 1. The summed E-state index contributed by atoms with van der Waals surface area (Å²) in [5.74, 6) is 0.818. The fourth-order valence-corrected chi connectivity index (χ4v) is 2.69. The van der Waals surface area contributed by atoms with Gasteiger partial charge in [0.2, 0.25) is 0 Å². The van der Waals surface area contributed by atoms with Crippen LogP contribution < -0.4 is 10.1 Å². The SMILES string of the molecule is CCCC(CCC)COc1cccc(CCNCCC(=O)O)c1. The van der Waals surface area contributed by atoms with E-state index in [1.165, 1.54) is 31.2 Å². The van der Waals surface area contributed by atoms with Gasteiger partial charge < -0.3 is 15.2 Å². The molecule has 0 aliphatic rings. The first-order valence-corrected chi connectivity index (χ1v) is 8.80. The van der Waals surface area contributed by atoms with Gasteiger partial charge in [-0.3, -0.25) is 4.79 Å². The second-order valence-electron chi connectivity index (χ2n) is 6.05. The minimum atomic E-state index is -0.762. The quantitative estimate of drug-likeness (QED) is 0.541. The number of carboxylic acid groups (broad SMARTS) is 1. The standard InChI is InChI=1S/C19H31NO3/c1-3-6-17(7-4-2)15-23-18-9-5-8-16(14-18)10-12-20-13-11-19(21)22/h5,8-9,14,17,20H,3-4,6-7,10-13,15H2,1-2H3,(H,21,22). The van der Waals surface area contributed by atoms with Gasteiger partial charge in [0.15, 0.2) is 0 Å². The smallest absolute Gasteiger partial charge is 0.304 e. The third-order valence-corrected chi connectivity index (χ3v) is 3.88. The fraction of sp³-hybridized carbons (Fsp3) is 0.632. The van der Waals surface area contributed by atoms with Crippen molar-refractivity contribution in [3.8, 4) is 5.75 Å². The first-order chi connectivity index (χ1) is 11.2. The first-order valence-electron chi connectivity index (χ1n) is 8.80. The van der Waals surface area contributed by atoms with Crippen LogP contribution in [0.4, 0.5) is 0 Å². The lowest BCUT2D eigenvalue weighted by molar-refractivity contribution is -0.136. The molecule has 0 heterocycles. The zero-order valence-electron chi connectivity index (χ0n) is 14.5. The summed E-state index contributed by atoms with van der Waals surface area (Å²) in [5.41, 5.74) is 1.22. The lowest BCUT2D eigenvalue weighted by Gasteiger charge is -2.16. The molecule has 0 bridgehead atoms. The van der Waals surface area contributed by atoms with Crippen molar-refractivity contribution < 1.29 is 14.6 Å². The number of carbonyl (C=O) groups is 1. The molecular formula is C19H31NO3. The Morgan fingerprint density at radius 2 is 1.96 bits per heavy atom. The van der Waals surface area contributed by atoms with Gasteiger partial charge in [0.25, 0.3) is 0 Å². The molecule has 130 valence electrons. The Kier molecular flexibility index (Phi) is 10.1. The summed E-state index contributed by atoms with van der Waals surface area (Å²) in [4.78, 5) is 10.4. The summed E-state index contributed by atoms with van der Waals surface area (Å²) in [6.07, 6.45) is 5.90. The van der Waals surface area contributed by atoms with Crippen LogP contribution in [0.15, 0.2) is 24.3 Å². The largest absolute Gasteiger partial charge is 0.493 e. The van der Waals surface area contributed by atoms with Gasteiger partial charge in [-0.2, -0.15) is 0 Å². The van der Waals surface area contributed by atoms with Crippen LogP contribution in [0.2, 0.25) is 0 Å². The van der Waals surface area contributed by atoms with Crippen molar-refractivity contribution >= 4 is 5.97 Å². The molecule has 0 unspecified atom stereocenters. The number of carboxylic acids is 1. The highest BCUT2D eigenvalue weighted by Gasteiger charge is 2.08. The molecule has 0 amide bonds. The second kappa shape index (κ2) is 11.9. The van der Waals surface area contributed by atoms with E-state index < -0.39 is 5.97 Å². The summed E-state index contributed by atoms with van der Waals surface area (Å²) in [7, 11) is 0. The molecule has 0 spiro atoms. The molecule has 23 heavy (non-hydrogen) atoms. The molecule has 0 radical (unpaired) electrons. The maximum Gasteiger partial charge on any atom is 0.304 e. The van der Waals surface area contributed by atoms with Crippen LogP contribution in [0, 0.1) is 5.92 Å². The van der Waals surface area contributed by atoms with E-state index in [2.05, 4.69) is 31.3 Å². The molecular weight excluding hydrogens is 290 g/mol. The molecule has 4 nitrogen and oxygen atoms in total. The van der Waals surface area contributed by atoms with Gasteiger partial charge in [0.1, 0.15) is 5.75 Å². The van der Waals surface area contributed by atoms with Crippen LogP contribution in [0.1, 0.15) is 51.5 Å². The molecule has 1 aromatic carbocycles. The molecule has 0 aromatic heterocycles. The molecule has 0 saturated carbocycles. The maximum atomic E-state index is 10.4. The van der Waals surface area contributed by atoms with E-state index in [-0.39, 0.29) is 6.42 Å². The van der Waals surface area contributed by atoms with Gasteiger partial charge in [0.05, 0.1) is 13.0 Å². The van der Waals surface area contributed by atoms with Gasteiger partial charge in [-0.1, -0.05) is 38.8 Å². The number of nitrogens with one attached hydrogen (secondary N) is 1. The minimum absolute atomic E-state index is 0.166. The minimum Gasteiger partial charge on any atom is -0.493 e. The van der Waals surface area contributed by atoms with E-state index in [4.69, 9.17) is 9.84 Å². The number of hydrogen-bond acceptors (Lipinski definition) is 3. The molecule has 0 aliphatic carbocycles. The van der Waals surface area contributed by atoms with Crippen molar-refractivity contribution in [3.05, 3.63) is 29.8 Å². The van der Waals surface area contributed by atoms with Gasteiger partial charge in [-0.15, -0.1) is 0 Å². The average Bonchev–Trinajstić information content (AvgIpc) is 2.53. The second-order valence-corrected chi connectivity index (χ2v) is 6.05. The zero-order chi connectivity index (χ0) is 16.9. The lowest BCUT2D eigenvalue weighted by Crippen LogP contribution is -2.20. The highest BCUT2D eigenvalue weighted by Crippen LogP contribution is 2.18. The van der Waals surface area contributed by atoms with Gasteiger partial charge in [-0.25, -0.2) is 0 Å². The predicted molar refractivity (Wildman–Crippen MR) is 94.1 cm³/mol. The Morgan fingerprint density at radius 1 is 1.22 bits per heavy atom. The number of hydrogen-bond donors (Lipinski definition) is 2. The zero-order valence-corrected chi connectivity index (χ0v) is 14.5. The van der Waals surface area contributed by atoms with Crippen molar-refractivity contribution in [2.45, 2.75) is 52.4 Å². The van der Waals surface area contributed by atoms with Crippen LogP contribution in [0.3, 0.4) is 0 Å². The third kappa shape index (κ3) is 9.24. The highest BCUT2D eigenvalue weighted by atomic mass is 16.5. The Hall–Kier alpha value is -1.55.